The van der Waals surface area contributed by atoms with Crippen molar-refractivity contribution in [2.45, 2.75) is 13.5 Å². The van der Waals surface area contributed by atoms with Crippen molar-refractivity contribution >= 4 is 11.8 Å². The number of carbonyl (C=O) groups is 2. The minimum atomic E-state index is -0.280. The van der Waals surface area contributed by atoms with Crippen LogP contribution in [0.2, 0.25) is 0 Å². The van der Waals surface area contributed by atoms with Gasteiger partial charge in [-0.3, -0.25) is 9.59 Å². The first-order valence-electron chi connectivity index (χ1n) is 7.15. The van der Waals surface area contributed by atoms with Gasteiger partial charge >= 0.3 is 0 Å². The maximum absolute atomic E-state index is 12.8. The summed E-state index contributed by atoms with van der Waals surface area (Å²) in [5.74, 6) is -0.210. The summed E-state index contributed by atoms with van der Waals surface area (Å²) < 4.78 is 12.8. The van der Waals surface area contributed by atoms with Gasteiger partial charge in [0.05, 0.1) is 26.2 Å². The molecule has 2 N–H and O–H groups in total. The van der Waals surface area contributed by atoms with Crippen LogP contribution in [0.4, 0.5) is 4.39 Å². The van der Waals surface area contributed by atoms with Crippen LogP contribution in [0, 0.1) is 5.82 Å². The van der Waals surface area contributed by atoms with Crippen LogP contribution in [0.25, 0.3) is 0 Å². The van der Waals surface area contributed by atoms with E-state index < -0.39 is 0 Å². The highest BCUT2D eigenvalue weighted by Crippen LogP contribution is 2.01. The third kappa shape index (κ3) is 4.82. The van der Waals surface area contributed by atoms with Gasteiger partial charge in [-0.1, -0.05) is 12.1 Å². The van der Waals surface area contributed by atoms with Gasteiger partial charge in [-0.25, -0.2) is 4.39 Å². The number of piperazine rings is 1. The molecule has 0 aromatic heterocycles. The second kappa shape index (κ2) is 7.17. The predicted molar refractivity (Wildman–Crippen MR) is 76.1 cm³/mol. The minimum absolute atomic E-state index is 0.0226. The van der Waals surface area contributed by atoms with Gasteiger partial charge in [-0.15, -0.1) is 0 Å². The number of rotatable bonds is 4. The Labute approximate surface area is 123 Å². The van der Waals surface area contributed by atoms with Crippen molar-refractivity contribution in [2.75, 3.05) is 32.7 Å². The molecule has 2 amide bonds. The van der Waals surface area contributed by atoms with Crippen molar-refractivity contribution in [3.05, 3.63) is 35.6 Å². The molecule has 1 heterocycles. The zero-order valence-corrected chi connectivity index (χ0v) is 12.2. The number of hydrogen-bond donors (Lipinski definition) is 2. The highest BCUT2D eigenvalue weighted by molar-refractivity contribution is 5.76. The lowest BCUT2D eigenvalue weighted by Crippen LogP contribution is -3.15. The molecule has 2 rings (SSSR count). The van der Waals surface area contributed by atoms with Crippen molar-refractivity contribution in [1.29, 1.82) is 0 Å². The van der Waals surface area contributed by atoms with Gasteiger partial charge in [0.15, 0.2) is 6.54 Å². The Morgan fingerprint density at radius 2 is 1.86 bits per heavy atom. The summed E-state index contributed by atoms with van der Waals surface area (Å²) in [5, 5.41) is 2.84. The normalized spacial score (nSPS) is 15.8. The number of nitrogens with zero attached hydrogens (tertiary/aromatic N) is 1. The Morgan fingerprint density at radius 1 is 1.24 bits per heavy atom. The third-order valence-corrected chi connectivity index (χ3v) is 3.73. The first-order valence-corrected chi connectivity index (χ1v) is 7.15. The van der Waals surface area contributed by atoms with Crippen molar-refractivity contribution in [2.24, 2.45) is 0 Å². The SMILES string of the molecule is CC(=O)N1CC[NH+](CC(=O)NCc2ccc(F)cc2)CC1. The Hall–Kier alpha value is -1.95. The number of benzene rings is 1. The number of nitrogens with one attached hydrogen (secondary N) is 2. The van der Waals surface area contributed by atoms with Crippen molar-refractivity contribution in [1.82, 2.24) is 10.2 Å². The molecule has 0 saturated carbocycles. The van der Waals surface area contributed by atoms with Gasteiger partial charge < -0.3 is 15.1 Å². The van der Waals surface area contributed by atoms with Crippen LogP contribution >= 0.6 is 0 Å². The van der Waals surface area contributed by atoms with E-state index in [2.05, 4.69) is 5.32 Å². The molecule has 1 aliphatic rings. The Morgan fingerprint density at radius 3 is 2.43 bits per heavy atom. The smallest absolute Gasteiger partial charge is 0.275 e. The van der Waals surface area contributed by atoms with Crippen LogP contribution in [0.3, 0.4) is 0 Å². The lowest BCUT2D eigenvalue weighted by molar-refractivity contribution is -0.896. The summed E-state index contributed by atoms with van der Waals surface area (Å²) in [6, 6.07) is 6.09. The molecule has 0 bridgehead atoms. The number of carbonyl (C=O) groups excluding carboxylic acids is 2. The summed E-state index contributed by atoms with van der Waals surface area (Å²) >= 11 is 0. The molecule has 0 radical (unpaired) electrons. The summed E-state index contributed by atoms with van der Waals surface area (Å²) in [5.41, 5.74) is 0.876. The topological polar surface area (TPSA) is 53.9 Å². The standard InChI is InChI=1S/C15H20FN3O2/c1-12(20)19-8-6-18(7-9-19)11-15(21)17-10-13-2-4-14(16)5-3-13/h2-5H,6-11H2,1H3,(H,17,21)/p+1. The number of halogens is 1. The fourth-order valence-corrected chi connectivity index (χ4v) is 2.41. The highest BCUT2D eigenvalue weighted by Gasteiger charge is 2.23. The van der Waals surface area contributed by atoms with Crippen LogP contribution in [0.5, 0.6) is 0 Å². The lowest BCUT2D eigenvalue weighted by Gasteiger charge is -2.31. The first kappa shape index (κ1) is 15.4. The van der Waals surface area contributed by atoms with Gasteiger partial charge in [-0.2, -0.15) is 0 Å². The molecule has 1 aromatic carbocycles. The van der Waals surface area contributed by atoms with Crippen molar-refractivity contribution < 1.29 is 18.9 Å². The van der Waals surface area contributed by atoms with E-state index in [9.17, 15) is 14.0 Å². The Kier molecular flexibility index (Phi) is 5.27. The lowest BCUT2D eigenvalue weighted by atomic mass is 10.2. The Bertz CT molecular complexity index is 496. The summed E-state index contributed by atoms with van der Waals surface area (Å²) in [6.45, 7) is 5.39. The van der Waals surface area contributed by atoms with E-state index in [1.54, 1.807) is 24.0 Å². The summed E-state index contributed by atoms with van der Waals surface area (Å²) in [7, 11) is 0. The average Bonchev–Trinajstić information content (AvgIpc) is 2.47. The molecular formula is C15H21FN3O2+. The molecule has 0 aliphatic carbocycles. The molecule has 114 valence electrons. The Balaban J connectivity index is 1.70. The molecular weight excluding hydrogens is 273 g/mol. The van der Waals surface area contributed by atoms with Gasteiger partial charge in [0.25, 0.3) is 5.91 Å². The van der Waals surface area contributed by atoms with E-state index in [1.807, 2.05) is 0 Å². The van der Waals surface area contributed by atoms with E-state index in [-0.39, 0.29) is 17.6 Å². The van der Waals surface area contributed by atoms with E-state index >= 15 is 0 Å². The van der Waals surface area contributed by atoms with Crippen LogP contribution in [-0.2, 0) is 16.1 Å². The zero-order chi connectivity index (χ0) is 15.2. The van der Waals surface area contributed by atoms with Crippen LogP contribution < -0.4 is 10.2 Å². The van der Waals surface area contributed by atoms with Crippen LogP contribution in [0.15, 0.2) is 24.3 Å². The second-order valence-corrected chi connectivity index (χ2v) is 5.34. The number of hydrogen-bond acceptors (Lipinski definition) is 2. The van der Waals surface area contributed by atoms with Gasteiger partial charge in [0.2, 0.25) is 5.91 Å². The average molecular weight is 294 g/mol. The van der Waals surface area contributed by atoms with E-state index in [0.717, 1.165) is 18.7 Å². The molecule has 0 atom stereocenters. The molecule has 21 heavy (non-hydrogen) atoms. The molecule has 5 nitrogen and oxygen atoms in total. The molecule has 1 aliphatic heterocycles. The second-order valence-electron chi connectivity index (χ2n) is 5.34. The summed E-state index contributed by atoms with van der Waals surface area (Å²) in [6.07, 6.45) is 0. The molecule has 1 aromatic rings. The van der Waals surface area contributed by atoms with Gasteiger partial charge in [0, 0.05) is 13.5 Å². The summed E-state index contributed by atoms with van der Waals surface area (Å²) in [4.78, 5) is 26.1. The van der Waals surface area contributed by atoms with Crippen LogP contribution in [0.1, 0.15) is 12.5 Å². The number of amides is 2. The van der Waals surface area contributed by atoms with E-state index in [0.29, 0.717) is 26.2 Å². The fourth-order valence-electron chi connectivity index (χ4n) is 2.41. The molecule has 6 heteroatoms. The van der Waals surface area contributed by atoms with E-state index in [4.69, 9.17) is 0 Å². The first-order chi connectivity index (χ1) is 10.0. The van der Waals surface area contributed by atoms with Crippen LogP contribution in [-0.4, -0.2) is 49.4 Å². The van der Waals surface area contributed by atoms with Crippen molar-refractivity contribution in [3.8, 4) is 0 Å². The van der Waals surface area contributed by atoms with Crippen molar-refractivity contribution in [3.63, 3.8) is 0 Å². The largest absolute Gasteiger partial charge is 0.347 e. The third-order valence-electron chi connectivity index (χ3n) is 3.73. The zero-order valence-electron chi connectivity index (χ0n) is 12.2. The fraction of sp³-hybridized carbons (Fsp3) is 0.467. The molecule has 0 spiro atoms. The number of quaternary nitrogens is 1. The highest BCUT2D eigenvalue weighted by atomic mass is 19.1. The molecule has 1 saturated heterocycles. The predicted octanol–water partition coefficient (Wildman–Crippen LogP) is -0.811. The van der Waals surface area contributed by atoms with Gasteiger partial charge in [-0.05, 0) is 17.7 Å². The maximum Gasteiger partial charge on any atom is 0.275 e. The quantitative estimate of drug-likeness (QED) is 0.763. The van der Waals surface area contributed by atoms with E-state index in [1.165, 1.54) is 17.0 Å². The maximum atomic E-state index is 12.8. The molecule has 1 fully saturated rings. The molecule has 0 unspecified atom stereocenters. The van der Waals surface area contributed by atoms with Gasteiger partial charge in [0.1, 0.15) is 5.82 Å². The minimum Gasteiger partial charge on any atom is -0.347 e. The monoisotopic (exact) mass is 294 g/mol.